The first-order valence-electron chi connectivity index (χ1n) is 12.4. The minimum Gasteiger partial charge on any atom is -0.407 e. The van der Waals surface area contributed by atoms with Crippen LogP contribution in [0, 0.1) is 13.8 Å². The van der Waals surface area contributed by atoms with Crippen LogP contribution in [0.4, 0.5) is 5.69 Å². The minimum atomic E-state index is -0.455. The summed E-state index contributed by atoms with van der Waals surface area (Å²) in [5, 5.41) is 8.18. The third-order valence-corrected chi connectivity index (χ3v) is 6.57. The average molecular weight is 536 g/mol. The Bertz CT molecular complexity index is 1660. The number of anilines is 1. The summed E-state index contributed by atoms with van der Waals surface area (Å²) in [7, 11) is 0. The maximum Gasteiger partial charge on any atom is 0.309 e. The number of esters is 1. The smallest absolute Gasteiger partial charge is 0.309 e. The predicted octanol–water partition coefficient (Wildman–Crippen LogP) is 7.65. The van der Waals surface area contributed by atoms with Crippen LogP contribution in [-0.4, -0.2) is 21.7 Å². The second-order valence-corrected chi connectivity index (χ2v) is 9.65. The number of benzene rings is 4. The molecule has 0 aliphatic rings. The summed E-state index contributed by atoms with van der Waals surface area (Å²) < 4.78 is 7.44. The van der Waals surface area contributed by atoms with Gasteiger partial charge in [-0.05, 0) is 55.8 Å². The standard InChI is InChI=1S/C32H26ClN3O3/c1-20-8-12-24(13-9-20)30-29(32(39-22(3)37)36(35-30)26-18-10-21(2)11-19-26)23-14-16-25(17-15-23)34-31(38)27-6-4-5-7-28(27)33/h4-19H,1-3H3,(H,34,38). The van der Waals surface area contributed by atoms with Crippen molar-refractivity contribution in [2.45, 2.75) is 20.8 Å². The van der Waals surface area contributed by atoms with Gasteiger partial charge in [-0.3, -0.25) is 9.59 Å². The summed E-state index contributed by atoms with van der Waals surface area (Å²) >= 11 is 6.18. The van der Waals surface area contributed by atoms with E-state index in [2.05, 4.69) is 5.32 Å². The molecule has 0 radical (unpaired) electrons. The zero-order valence-corrected chi connectivity index (χ0v) is 22.5. The number of nitrogens with one attached hydrogen (secondary N) is 1. The molecule has 0 aliphatic carbocycles. The van der Waals surface area contributed by atoms with Crippen LogP contribution in [0.5, 0.6) is 5.88 Å². The van der Waals surface area contributed by atoms with Gasteiger partial charge in [-0.1, -0.05) is 83.4 Å². The van der Waals surface area contributed by atoms with Gasteiger partial charge < -0.3 is 10.1 Å². The van der Waals surface area contributed by atoms with Crippen LogP contribution in [0.1, 0.15) is 28.4 Å². The van der Waals surface area contributed by atoms with E-state index < -0.39 is 5.97 Å². The molecule has 0 aliphatic heterocycles. The molecule has 4 aromatic carbocycles. The SMILES string of the molecule is CC(=O)Oc1c(-c2ccc(NC(=O)c3ccccc3Cl)cc2)c(-c2ccc(C)cc2)nn1-c1ccc(C)cc1. The van der Waals surface area contributed by atoms with Gasteiger partial charge in [-0.25, -0.2) is 0 Å². The Morgan fingerprint density at radius 2 is 1.38 bits per heavy atom. The van der Waals surface area contributed by atoms with Gasteiger partial charge in [0, 0.05) is 18.2 Å². The molecular weight excluding hydrogens is 510 g/mol. The Labute approximate surface area is 231 Å². The molecule has 0 saturated carbocycles. The van der Waals surface area contributed by atoms with Crippen molar-refractivity contribution in [1.82, 2.24) is 9.78 Å². The topological polar surface area (TPSA) is 73.2 Å². The number of halogens is 1. The van der Waals surface area contributed by atoms with Crippen LogP contribution >= 0.6 is 11.6 Å². The van der Waals surface area contributed by atoms with E-state index in [1.165, 1.54) is 6.92 Å². The van der Waals surface area contributed by atoms with E-state index >= 15 is 0 Å². The van der Waals surface area contributed by atoms with Gasteiger partial charge >= 0.3 is 5.97 Å². The van der Waals surface area contributed by atoms with Crippen molar-refractivity contribution in [3.8, 4) is 34.0 Å². The quantitative estimate of drug-likeness (QED) is 0.227. The maximum absolute atomic E-state index is 12.7. The molecular formula is C32H26ClN3O3. The van der Waals surface area contributed by atoms with Gasteiger partial charge in [-0.2, -0.15) is 9.78 Å². The first kappa shape index (κ1) is 25.9. The summed E-state index contributed by atoms with van der Waals surface area (Å²) in [6.45, 7) is 5.40. The van der Waals surface area contributed by atoms with Gasteiger partial charge in [0.1, 0.15) is 5.69 Å². The fraction of sp³-hybridized carbons (Fsp3) is 0.0938. The predicted molar refractivity (Wildman–Crippen MR) is 155 cm³/mol. The van der Waals surface area contributed by atoms with Crippen LogP contribution < -0.4 is 10.1 Å². The second kappa shape index (κ2) is 11.0. The number of hydrogen-bond donors (Lipinski definition) is 1. The fourth-order valence-electron chi connectivity index (χ4n) is 4.23. The number of hydrogen-bond acceptors (Lipinski definition) is 4. The van der Waals surface area contributed by atoms with Gasteiger partial charge in [0.2, 0.25) is 5.88 Å². The van der Waals surface area contributed by atoms with Crippen molar-refractivity contribution in [1.29, 1.82) is 0 Å². The molecule has 0 unspecified atom stereocenters. The molecule has 1 N–H and O–H groups in total. The number of aryl methyl sites for hydroxylation is 2. The number of carbonyl (C=O) groups excluding carboxylic acids is 2. The number of ether oxygens (including phenoxy) is 1. The molecule has 39 heavy (non-hydrogen) atoms. The second-order valence-electron chi connectivity index (χ2n) is 9.25. The molecule has 0 fully saturated rings. The first-order chi connectivity index (χ1) is 18.8. The highest BCUT2D eigenvalue weighted by molar-refractivity contribution is 6.34. The molecule has 0 bridgehead atoms. The number of rotatable bonds is 6. The summed E-state index contributed by atoms with van der Waals surface area (Å²) in [5.41, 5.74) is 6.97. The molecule has 1 amide bonds. The van der Waals surface area contributed by atoms with Gasteiger partial charge in [-0.15, -0.1) is 0 Å². The van der Waals surface area contributed by atoms with E-state index in [0.717, 1.165) is 27.9 Å². The lowest BCUT2D eigenvalue weighted by Gasteiger charge is -2.11. The molecule has 7 heteroatoms. The Morgan fingerprint density at radius 1 is 0.795 bits per heavy atom. The average Bonchev–Trinajstić information content (AvgIpc) is 3.28. The zero-order valence-electron chi connectivity index (χ0n) is 21.7. The molecule has 6 nitrogen and oxygen atoms in total. The van der Waals surface area contributed by atoms with Crippen LogP contribution in [0.3, 0.4) is 0 Å². The lowest BCUT2D eigenvalue weighted by Crippen LogP contribution is -2.12. The molecule has 5 rings (SSSR count). The normalized spacial score (nSPS) is 10.8. The van der Waals surface area contributed by atoms with Crippen LogP contribution in [-0.2, 0) is 4.79 Å². The van der Waals surface area contributed by atoms with E-state index in [4.69, 9.17) is 21.4 Å². The fourth-order valence-corrected chi connectivity index (χ4v) is 4.45. The first-order valence-corrected chi connectivity index (χ1v) is 12.8. The summed E-state index contributed by atoms with van der Waals surface area (Å²) in [6.07, 6.45) is 0. The van der Waals surface area contributed by atoms with E-state index in [-0.39, 0.29) is 5.91 Å². The van der Waals surface area contributed by atoms with Gasteiger partial charge in [0.05, 0.1) is 21.8 Å². The van der Waals surface area contributed by atoms with E-state index in [0.29, 0.717) is 33.4 Å². The number of amides is 1. The Kier molecular flexibility index (Phi) is 7.30. The number of aromatic nitrogens is 2. The minimum absolute atomic E-state index is 0.304. The zero-order chi connectivity index (χ0) is 27.5. The Balaban J connectivity index is 1.61. The van der Waals surface area contributed by atoms with Crippen LogP contribution in [0.2, 0.25) is 5.02 Å². The largest absolute Gasteiger partial charge is 0.407 e. The molecule has 1 aromatic heterocycles. The highest BCUT2D eigenvalue weighted by atomic mass is 35.5. The van der Waals surface area contributed by atoms with Crippen molar-refractivity contribution in [3.05, 3.63) is 119 Å². The van der Waals surface area contributed by atoms with Crippen molar-refractivity contribution < 1.29 is 14.3 Å². The summed E-state index contributed by atoms with van der Waals surface area (Å²) in [4.78, 5) is 25.0. The van der Waals surface area contributed by atoms with Crippen LogP contribution in [0.15, 0.2) is 97.1 Å². The Morgan fingerprint density at radius 3 is 2.00 bits per heavy atom. The summed E-state index contributed by atoms with van der Waals surface area (Å²) in [5.74, 6) is -0.445. The van der Waals surface area contributed by atoms with Gasteiger partial charge in [0.15, 0.2) is 0 Å². The molecule has 194 valence electrons. The van der Waals surface area contributed by atoms with Crippen molar-refractivity contribution in [2.75, 3.05) is 5.32 Å². The highest BCUT2D eigenvalue weighted by Gasteiger charge is 2.24. The van der Waals surface area contributed by atoms with Crippen molar-refractivity contribution >= 4 is 29.2 Å². The monoisotopic (exact) mass is 535 g/mol. The lowest BCUT2D eigenvalue weighted by atomic mass is 10.00. The number of nitrogens with zero attached hydrogens (tertiary/aromatic N) is 2. The maximum atomic E-state index is 12.7. The molecule has 0 atom stereocenters. The van der Waals surface area contributed by atoms with E-state index in [1.54, 1.807) is 41.1 Å². The Hall–Kier alpha value is -4.68. The van der Waals surface area contributed by atoms with Crippen molar-refractivity contribution in [3.63, 3.8) is 0 Å². The van der Waals surface area contributed by atoms with Crippen LogP contribution in [0.25, 0.3) is 28.1 Å². The lowest BCUT2D eigenvalue weighted by molar-refractivity contribution is -0.132. The highest BCUT2D eigenvalue weighted by Crippen LogP contribution is 2.41. The van der Waals surface area contributed by atoms with Gasteiger partial charge in [0.25, 0.3) is 5.91 Å². The van der Waals surface area contributed by atoms with Crippen molar-refractivity contribution in [2.24, 2.45) is 0 Å². The molecule has 0 spiro atoms. The summed E-state index contributed by atoms with van der Waals surface area (Å²) in [6, 6.07) is 30.1. The molecule has 1 heterocycles. The number of carbonyl (C=O) groups is 2. The third-order valence-electron chi connectivity index (χ3n) is 6.24. The van der Waals surface area contributed by atoms with E-state index in [1.807, 2.05) is 74.5 Å². The third kappa shape index (κ3) is 5.61. The van der Waals surface area contributed by atoms with E-state index in [9.17, 15) is 9.59 Å². The molecule has 5 aromatic rings. The molecule has 0 saturated heterocycles.